The molecule has 0 aliphatic rings. The van der Waals surface area contributed by atoms with E-state index in [0.717, 1.165) is 122 Å². The lowest BCUT2D eigenvalue weighted by Crippen LogP contribution is -2.49. The van der Waals surface area contributed by atoms with Crippen molar-refractivity contribution < 1.29 is 66.7 Å². The molecule has 0 atom stereocenters. The summed E-state index contributed by atoms with van der Waals surface area (Å²) < 4.78 is 38.6. The Bertz CT molecular complexity index is 1280. The molecule has 69 heavy (non-hydrogen) atoms. The number of nitrogens with zero attached hydrogens (tertiary/aromatic N) is 1. The van der Waals surface area contributed by atoms with Crippen LogP contribution < -0.4 is 0 Å². The molecule has 0 aromatic heterocycles. The van der Waals surface area contributed by atoms with Gasteiger partial charge in [0.05, 0.1) is 58.9 Å². The molecule has 0 heterocycles. The molecule has 0 rings (SSSR count). The standard InChI is InChI=1S/C54H97NO14/c1-6-11-14-17-23-32-47(56)63-39-26-20-29-42-66-51(60)45-54(69-50(59)35-38-55(36-9-4)37-10-5,53(62)68-44-31-22-28-41-65-49(58)34-25-19-16-13-8-3)46-52(61)67-43-30-21-27-40-64-48(57)33-24-18-15-12-7-2/h6-46H2,1-5H3. The third kappa shape index (κ3) is 39.6. The first kappa shape index (κ1) is 65.2. The van der Waals surface area contributed by atoms with Crippen LogP contribution in [0.4, 0.5) is 0 Å². The smallest absolute Gasteiger partial charge is 0.351 e. The van der Waals surface area contributed by atoms with Gasteiger partial charge in [0.25, 0.3) is 0 Å². The maximum Gasteiger partial charge on any atom is 0.351 e. The zero-order chi connectivity index (χ0) is 51.1. The van der Waals surface area contributed by atoms with E-state index in [-0.39, 0.29) is 64.0 Å². The predicted molar refractivity (Wildman–Crippen MR) is 267 cm³/mol. The summed E-state index contributed by atoms with van der Waals surface area (Å²) in [5, 5.41) is 0. The van der Waals surface area contributed by atoms with E-state index < -0.39 is 42.3 Å². The molecular formula is C54H97NO14. The van der Waals surface area contributed by atoms with Gasteiger partial charge in [-0.05, 0) is 103 Å². The van der Waals surface area contributed by atoms with Gasteiger partial charge in [-0.2, -0.15) is 0 Å². The summed E-state index contributed by atoms with van der Waals surface area (Å²) in [6.07, 6.45) is 21.7. The van der Waals surface area contributed by atoms with Crippen molar-refractivity contribution in [2.45, 2.75) is 246 Å². The lowest BCUT2D eigenvalue weighted by Gasteiger charge is -2.30. The highest BCUT2D eigenvalue weighted by atomic mass is 16.6. The molecule has 0 radical (unpaired) electrons. The van der Waals surface area contributed by atoms with Crippen LogP contribution in [0.2, 0.25) is 0 Å². The van der Waals surface area contributed by atoms with Gasteiger partial charge in [0.1, 0.15) is 0 Å². The molecule has 0 spiro atoms. The molecule has 0 amide bonds. The molecule has 0 fully saturated rings. The highest BCUT2D eigenvalue weighted by Crippen LogP contribution is 2.27. The Morgan fingerprint density at radius 1 is 0.304 bits per heavy atom. The van der Waals surface area contributed by atoms with Gasteiger partial charge in [-0.3, -0.25) is 28.8 Å². The number of unbranched alkanes of at least 4 members (excludes halogenated alkanes) is 18. The van der Waals surface area contributed by atoms with E-state index in [4.69, 9.17) is 33.2 Å². The molecule has 402 valence electrons. The van der Waals surface area contributed by atoms with Crippen molar-refractivity contribution in [1.29, 1.82) is 0 Å². The third-order valence-corrected chi connectivity index (χ3v) is 11.6. The molecule has 0 aromatic rings. The van der Waals surface area contributed by atoms with E-state index in [9.17, 15) is 33.6 Å². The lowest BCUT2D eigenvalue weighted by molar-refractivity contribution is -0.191. The number of carbonyl (C=O) groups is 7. The fourth-order valence-electron chi connectivity index (χ4n) is 7.58. The Balaban J connectivity index is 5.69. The van der Waals surface area contributed by atoms with Gasteiger partial charge in [-0.1, -0.05) is 112 Å². The zero-order valence-corrected chi connectivity index (χ0v) is 44.2. The van der Waals surface area contributed by atoms with Crippen molar-refractivity contribution in [3.8, 4) is 0 Å². The first-order valence-corrected chi connectivity index (χ1v) is 27.4. The van der Waals surface area contributed by atoms with Crippen molar-refractivity contribution in [3.63, 3.8) is 0 Å². The monoisotopic (exact) mass is 984 g/mol. The van der Waals surface area contributed by atoms with Crippen molar-refractivity contribution in [3.05, 3.63) is 0 Å². The molecule has 0 aliphatic heterocycles. The number of rotatable bonds is 49. The van der Waals surface area contributed by atoms with Crippen LogP contribution in [0.15, 0.2) is 0 Å². The quantitative estimate of drug-likeness (QED) is 0.0318. The highest BCUT2D eigenvalue weighted by molar-refractivity contribution is 5.92. The van der Waals surface area contributed by atoms with E-state index in [1.54, 1.807) is 0 Å². The van der Waals surface area contributed by atoms with Gasteiger partial charge < -0.3 is 38.1 Å². The van der Waals surface area contributed by atoms with Crippen LogP contribution in [0.5, 0.6) is 0 Å². The number of carbonyl (C=O) groups excluding carboxylic acids is 7. The fourth-order valence-corrected chi connectivity index (χ4v) is 7.58. The second kappa shape index (κ2) is 46.6. The van der Waals surface area contributed by atoms with Crippen molar-refractivity contribution in [2.75, 3.05) is 59.3 Å². The second-order valence-corrected chi connectivity index (χ2v) is 18.3. The van der Waals surface area contributed by atoms with Gasteiger partial charge >= 0.3 is 41.8 Å². The summed E-state index contributed by atoms with van der Waals surface area (Å²) in [4.78, 5) is 93.1. The van der Waals surface area contributed by atoms with E-state index in [1.807, 2.05) is 13.8 Å². The first-order chi connectivity index (χ1) is 33.5. The van der Waals surface area contributed by atoms with E-state index in [1.165, 1.54) is 0 Å². The molecule has 0 saturated carbocycles. The molecule has 0 aromatic carbocycles. The van der Waals surface area contributed by atoms with Gasteiger partial charge in [-0.15, -0.1) is 0 Å². The number of hydrogen-bond donors (Lipinski definition) is 0. The number of hydrogen-bond acceptors (Lipinski definition) is 15. The highest BCUT2D eigenvalue weighted by Gasteiger charge is 2.49. The molecule has 0 unspecified atom stereocenters. The van der Waals surface area contributed by atoms with Gasteiger partial charge in [0, 0.05) is 25.8 Å². The van der Waals surface area contributed by atoms with Crippen LogP contribution in [-0.4, -0.2) is 112 Å². The van der Waals surface area contributed by atoms with Crippen LogP contribution in [0.3, 0.4) is 0 Å². The number of esters is 7. The SMILES string of the molecule is CCCCCCCC(=O)OCCCCCOC(=O)CC(CC(=O)OCCCCCOC(=O)CCCCCCC)(OC(=O)CCN(CCC)CCC)C(=O)OCCCCCOC(=O)CCCCCCC. The fraction of sp³-hybridized carbons (Fsp3) is 0.870. The minimum Gasteiger partial charge on any atom is -0.466 e. The summed E-state index contributed by atoms with van der Waals surface area (Å²) in [5.41, 5.74) is -2.35. The van der Waals surface area contributed by atoms with Gasteiger partial charge in [0.2, 0.25) is 5.60 Å². The minimum atomic E-state index is -2.35. The minimum absolute atomic E-state index is 0.00553. The maximum absolute atomic E-state index is 14.1. The van der Waals surface area contributed by atoms with Crippen LogP contribution in [-0.2, 0) is 66.7 Å². The van der Waals surface area contributed by atoms with Crippen LogP contribution >= 0.6 is 0 Å². The molecule has 0 aliphatic carbocycles. The largest absolute Gasteiger partial charge is 0.466 e. The zero-order valence-electron chi connectivity index (χ0n) is 44.2. The molecule has 15 heteroatoms. The molecule has 15 nitrogen and oxygen atoms in total. The normalized spacial score (nSPS) is 11.3. The van der Waals surface area contributed by atoms with Crippen LogP contribution in [0, 0.1) is 0 Å². The Morgan fingerprint density at radius 3 is 0.942 bits per heavy atom. The Kier molecular flexibility index (Phi) is 44.1. The second-order valence-electron chi connectivity index (χ2n) is 18.3. The topological polar surface area (TPSA) is 187 Å². The summed E-state index contributed by atoms with van der Waals surface area (Å²) in [5.74, 6) is -4.22. The van der Waals surface area contributed by atoms with E-state index >= 15 is 0 Å². The van der Waals surface area contributed by atoms with Crippen molar-refractivity contribution in [2.24, 2.45) is 0 Å². The Labute approximate surface area is 417 Å². The van der Waals surface area contributed by atoms with E-state index in [2.05, 4.69) is 25.7 Å². The van der Waals surface area contributed by atoms with Crippen LogP contribution in [0.1, 0.15) is 240 Å². The Morgan fingerprint density at radius 2 is 0.609 bits per heavy atom. The molecule has 0 saturated heterocycles. The van der Waals surface area contributed by atoms with Gasteiger partial charge in [0.15, 0.2) is 0 Å². The Hall–Kier alpha value is -3.75. The first-order valence-electron chi connectivity index (χ1n) is 27.4. The summed E-state index contributed by atoms with van der Waals surface area (Å²) in [6.45, 7) is 13.0. The summed E-state index contributed by atoms with van der Waals surface area (Å²) >= 11 is 0. The van der Waals surface area contributed by atoms with Crippen molar-refractivity contribution >= 4 is 41.8 Å². The van der Waals surface area contributed by atoms with Crippen LogP contribution in [0.25, 0.3) is 0 Å². The van der Waals surface area contributed by atoms with Crippen molar-refractivity contribution in [1.82, 2.24) is 4.90 Å². The molecular weight excluding hydrogens is 887 g/mol. The maximum atomic E-state index is 14.1. The summed E-state index contributed by atoms with van der Waals surface area (Å²) in [7, 11) is 0. The van der Waals surface area contributed by atoms with Gasteiger partial charge in [-0.25, -0.2) is 4.79 Å². The average Bonchev–Trinajstić information content (AvgIpc) is 3.32. The molecule has 0 N–H and O–H groups in total. The molecule has 0 bridgehead atoms. The number of ether oxygens (including phenoxy) is 7. The third-order valence-electron chi connectivity index (χ3n) is 11.6. The lowest BCUT2D eigenvalue weighted by atomic mass is 9.94. The van der Waals surface area contributed by atoms with E-state index in [0.29, 0.717) is 83.6 Å². The summed E-state index contributed by atoms with van der Waals surface area (Å²) in [6, 6.07) is 0. The predicted octanol–water partition coefficient (Wildman–Crippen LogP) is 11.4. The average molecular weight is 984 g/mol.